The van der Waals surface area contributed by atoms with Gasteiger partial charge in [0, 0.05) is 5.54 Å². The van der Waals surface area contributed by atoms with Gasteiger partial charge in [-0.2, -0.15) is 0 Å². The van der Waals surface area contributed by atoms with Gasteiger partial charge in [0.2, 0.25) is 0 Å². The lowest BCUT2D eigenvalue weighted by molar-refractivity contribution is 0.276. The van der Waals surface area contributed by atoms with E-state index >= 15 is 0 Å². The maximum atomic E-state index is 12.3. The molecule has 1 unspecified atom stereocenters. The fourth-order valence-electron chi connectivity index (χ4n) is 3.46. The van der Waals surface area contributed by atoms with E-state index in [0.717, 1.165) is 6.42 Å². The van der Waals surface area contributed by atoms with Crippen molar-refractivity contribution in [2.75, 3.05) is 0 Å². The molecule has 0 aliphatic heterocycles. The topological polar surface area (TPSA) is 29.1 Å². The van der Waals surface area contributed by atoms with Crippen molar-refractivity contribution in [3.63, 3.8) is 0 Å². The van der Waals surface area contributed by atoms with Gasteiger partial charge in [0.05, 0.1) is 15.7 Å². The minimum atomic E-state index is -0.922. The summed E-state index contributed by atoms with van der Waals surface area (Å²) in [5, 5.41) is 0. The van der Waals surface area contributed by atoms with Crippen LogP contribution in [0.3, 0.4) is 0 Å². The first-order chi connectivity index (χ1) is 7.85. The Balaban J connectivity index is 2.06. The highest BCUT2D eigenvalue weighted by Gasteiger charge is 2.66. The largest absolute Gasteiger partial charge is 0.242 e. The van der Waals surface area contributed by atoms with Crippen molar-refractivity contribution in [2.45, 2.75) is 82.9 Å². The molecule has 0 radical (unpaired) electrons. The Morgan fingerprint density at radius 1 is 1.18 bits per heavy atom. The van der Waals surface area contributed by atoms with Crippen LogP contribution in [0.1, 0.15) is 72.6 Å². The Morgan fingerprint density at radius 2 is 1.76 bits per heavy atom. The molecule has 2 rings (SSSR count). The summed E-state index contributed by atoms with van der Waals surface area (Å²) in [6.07, 6.45) is 9.18. The summed E-state index contributed by atoms with van der Waals surface area (Å²) in [5.74, 6) is 0. The molecule has 2 aliphatic carbocycles. The van der Waals surface area contributed by atoms with E-state index in [1.54, 1.807) is 0 Å². The molecule has 3 heteroatoms. The molecule has 0 bridgehead atoms. The molecule has 0 aromatic heterocycles. The molecule has 0 amide bonds. The highest BCUT2D eigenvalue weighted by Crippen LogP contribution is 2.65. The van der Waals surface area contributed by atoms with E-state index in [4.69, 9.17) is 0 Å². The Bertz CT molecular complexity index is 315. The molecule has 2 fully saturated rings. The second-order valence-electron chi connectivity index (χ2n) is 6.94. The fraction of sp³-hybridized carbons (Fsp3) is 1.00. The van der Waals surface area contributed by atoms with Crippen LogP contribution in [0.25, 0.3) is 0 Å². The van der Waals surface area contributed by atoms with Crippen molar-refractivity contribution in [1.82, 2.24) is 4.72 Å². The second kappa shape index (κ2) is 4.34. The van der Waals surface area contributed by atoms with Crippen LogP contribution in [-0.4, -0.2) is 14.5 Å². The highest BCUT2D eigenvalue weighted by atomic mass is 32.2. The van der Waals surface area contributed by atoms with Gasteiger partial charge in [0.15, 0.2) is 0 Å². The standard InChI is InChI=1S/C14H27NOS/c1-5-14(15-17(16)12(2,3)4)11-13(14)9-7-6-8-10-13/h15H,5-11H2,1-4H3/t14-,17?/m1/s1. The van der Waals surface area contributed by atoms with Gasteiger partial charge in [-0.05, 0) is 51.9 Å². The number of hydrogen-bond acceptors (Lipinski definition) is 1. The van der Waals surface area contributed by atoms with Crippen LogP contribution >= 0.6 is 0 Å². The zero-order chi connectivity index (χ0) is 12.7. The zero-order valence-electron chi connectivity index (χ0n) is 11.8. The molecular formula is C14H27NOS. The summed E-state index contributed by atoms with van der Waals surface area (Å²) >= 11 is 0. The third kappa shape index (κ3) is 2.33. The molecule has 1 spiro atoms. The summed E-state index contributed by atoms with van der Waals surface area (Å²) in [6.45, 7) is 8.40. The van der Waals surface area contributed by atoms with Crippen molar-refractivity contribution in [1.29, 1.82) is 0 Å². The van der Waals surface area contributed by atoms with E-state index in [9.17, 15) is 4.21 Å². The van der Waals surface area contributed by atoms with Crippen LogP contribution in [0, 0.1) is 5.41 Å². The van der Waals surface area contributed by atoms with Crippen molar-refractivity contribution in [2.24, 2.45) is 5.41 Å². The minimum Gasteiger partial charge on any atom is -0.242 e. The van der Waals surface area contributed by atoms with Crippen molar-refractivity contribution < 1.29 is 4.21 Å². The molecule has 2 atom stereocenters. The quantitative estimate of drug-likeness (QED) is 0.823. The average Bonchev–Trinajstić information content (AvgIpc) is 2.85. The minimum absolute atomic E-state index is 0.152. The van der Waals surface area contributed by atoms with E-state index < -0.39 is 11.0 Å². The van der Waals surface area contributed by atoms with Gasteiger partial charge in [-0.15, -0.1) is 0 Å². The van der Waals surface area contributed by atoms with Gasteiger partial charge >= 0.3 is 0 Å². The molecular weight excluding hydrogens is 230 g/mol. The van der Waals surface area contributed by atoms with Gasteiger partial charge < -0.3 is 0 Å². The van der Waals surface area contributed by atoms with Crippen LogP contribution in [-0.2, 0) is 11.0 Å². The van der Waals surface area contributed by atoms with Crippen molar-refractivity contribution in [3.05, 3.63) is 0 Å². The van der Waals surface area contributed by atoms with Crippen LogP contribution in [0.2, 0.25) is 0 Å². The maximum absolute atomic E-state index is 12.3. The molecule has 0 saturated heterocycles. The molecule has 17 heavy (non-hydrogen) atoms. The zero-order valence-corrected chi connectivity index (χ0v) is 12.6. The summed E-state index contributed by atoms with van der Waals surface area (Å²) in [6, 6.07) is 0. The molecule has 0 heterocycles. The Hall–Kier alpha value is 0.110. The first-order valence-electron chi connectivity index (χ1n) is 7.05. The van der Waals surface area contributed by atoms with Crippen LogP contribution in [0.5, 0.6) is 0 Å². The van der Waals surface area contributed by atoms with Gasteiger partial charge in [-0.3, -0.25) is 0 Å². The number of rotatable bonds is 3. The molecule has 2 saturated carbocycles. The molecule has 100 valence electrons. The van der Waals surface area contributed by atoms with Crippen molar-refractivity contribution >= 4 is 11.0 Å². The summed E-state index contributed by atoms with van der Waals surface area (Å²) in [4.78, 5) is 0. The SMILES string of the molecule is CC[C@@]1(NS(=O)C(C)(C)C)CC12CCCCC2. The Labute approximate surface area is 109 Å². The molecule has 0 aromatic carbocycles. The lowest BCUT2D eigenvalue weighted by atomic mass is 9.82. The first-order valence-corrected chi connectivity index (χ1v) is 8.20. The van der Waals surface area contributed by atoms with Gasteiger partial charge in [0.1, 0.15) is 0 Å². The predicted molar refractivity (Wildman–Crippen MR) is 74.2 cm³/mol. The molecule has 0 aromatic rings. The van der Waals surface area contributed by atoms with E-state index in [0.29, 0.717) is 5.41 Å². The molecule has 1 N–H and O–H groups in total. The summed E-state index contributed by atoms with van der Waals surface area (Å²) < 4.78 is 15.6. The first kappa shape index (κ1) is 13.5. The smallest absolute Gasteiger partial charge is 0.0975 e. The maximum Gasteiger partial charge on any atom is 0.0975 e. The van der Waals surface area contributed by atoms with Crippen LogP contribution < -0.4 is 4.72 Å². The van der Waals surface area contributed by atoms with Gasteiger partial charge in [0.25, 0.3) is 0 Å². The molecule has 2 aliphatic rings. The van der Waals surface area contributed by atoms with Crippen LogP contribution in [0.4, 0.5) is 0 Å². The third-order valence-electron chi connectivity index (χ3n) is 4.79. The van der Waals surface area contributed by atoms with Crippen LogP contribution in [0.15, 0.2) is 0 Å². The predicted octanol–water partition coefficient (Wildman–Crippen LogP) is 3.54. The monoisotopic (exact) mass is 257 g/mol. The Kier molecular flexibility index (Phi) is 3.46. The average molecular weight is 257 g/mol. The van der Waals surface area contributed by atoms with E-state index in [-0.39, 0.29) is 10.3 Å². The van der Waals surface area contributed by atoms with E-state index in [2.05, 4.69) is 32.4 Å². The highest BCUT2D eigenvalue weighted by molar-refractivity contribution is 7.84. The Morgan fingerprint density at radius 3 is 2.24 bits per heavy atom. The summed E-state index contributed by atoms with van der Waals surface area (Å²) in [7, 11) is -0.922. The normalized spacial score (nSPS) is 33.6. The summed E-state index contributed by atoms with van der Waals surface area (Å²) in [5.41, 5.74) is 0.673. The second-order valence-corrected chi connectivity index (χ2v) is 8.90. The van der Waals surface area contributed by atoms with Crippen molar-refractivity contribution in [3.8, 4) is 0 Å². The molecule has 2 nitrogen and oxygen atoms in total. The fourth-order valence-corrected chi connectivity index (χ4v) is 4.56. The lowest BCUT2D eigenvalue weighted by Gasteiger charge is -2.31. The van der Waals surface area contributed by atoms with Gasteiger partial charge in [-0.25, -0.2) is 8.93 Å². The number of hydrogen-bond donors (Lipinski definition) is 1. The van der Waals surface area contributed by atoms with Gasteiger partial charge in [-0.1, -0.05) is 26.2 Å². The third-order valence-corrected chi connectivity index (χ3v) is 6.48. The van der Waals surface area contributed by atoms with E-state index in [1.165, 1.54) is 38.5 Å². The van der Waals surface area contributed by atoms with E-state index in [1.807, 2.05) is 0 Å². The number of nitrogens with one attached hydrogen (secondary N) is 1. The lowest BCUT2D eigenvalue weighted by Crippen LogP contribution is -2.44.